The van der Waals surface area contributed by atoms with Crippen molar-refractivity contribution in [3.05, 3.63) is 41.1 Å². The number of pyridine rings is 2. The summed E-state index contributed by atoms with van der Waals surface area (Å²) >= 11 is 3.22. The first-order valence-electron chi connectivity index (χ1n) is 5.16. The predicted octanol–water partition coefficient (Wildman–Crippen LogP) is 2.05. The maximum absolute atomic E-state index is 12.1. The molecular weight excluding hydrogens is 334 g/mol. The molecule has 1 N–H and O–H groups in total. The molecule has 0 saturated carbocycles. The maximum Gasteiger partial charge on any atom is 0.264 e. The topological polar surface area (TPSA) is 81.2 Å². The number of hydrogen-bond donors (Lipinski definition) is 1. The van der Waals surface area contributed by atoms with Crippen molar-refractivity contribution in [2.45, 2.75) is 4.90 Å². The fourth-order valence-corrected chi connectivity index (χ4v) is 2.75. The summed E-state index contributed by atoms with van der Waals surface area (Å²) in [6, 6.07) is 6.26. The van der Waals surface area contributed by atoms with Gasteiger partial charge in [-0.3, -0.25) is 4.72 Å². The highest BCUT2D eigenvalue weighted by atomic mass is 79.9. The number of aromatic nitrogens is 2. The lowest BCUT2D eigenvalue weighted by Crippen LogP contribution is -2.14. The summed E-state index contributed by atoms with van der Waals surface area (Å²) in [5.41, 5.74) is 0. The molecule has 100 valence electrons. The molecule has 0 aliphatic rings. The second-order valence-corrected chi connectivity index (χ2v) is 6.01. The molecule has 0 aromatic carbocycles. The van der Waals surface area contributed by atoms with Crippen LogP contribution in [-0.4, -0.2) is 25.5 Å². The summed E-state index contributed by atoms with van der Waals surface area (Å²) < 4.78 is 32.0. The van der Waals surface area contributed by atoms with Crippen LogP contribution in [0.3, 0.4) is 0 Å². The Balaban J connectivity index is 2.30. The van der Waals surface area contributed by atoms with Crippen LogP contribution in [0.25, 0.3) is 0 Å². The summed E-state index contributed by atoms with van der Waals surface area (Å²) in [5, 5.41) is 0. The molecule has 0 amide bonds. The molecule has 8 heteroatoms. The Morgan fingerprint density at radius 2 is 2.05 bits per heavy atom. The van der Waals surface area contributed by atoms with Crippen LogP contribution < -0.4 is 9.46 Å². The van der Waals surface area contributed by atoms with Crippen molar-refractivity contribution in [1.82, 2.24) is 9.97 Å². The van der Waals surface area contributed by atoms with Gasteiger partial charge in [0.25, 0.3) is 10.0 Å². The van der Waals surface area contributed by atoms with Crippen LogP contribution >= 0.6 is 15.9 Å². The van der Waals surface area contributed by atoms with Gasteiger partial charge in [0, 0.05) is 12.3 Å². The number of methoxy groups -OCH3 is 1. The van der Waals surface area contributed by atoms with Crippen LogP contribution in [0.1, 0.15) is 0 Å². The van der Waals surface area contributed by atoms with E-state index in [1.165, 1.54) is 31.6 Å². The van der Waals surface area contributed by atoms with Gasteiger partial charge in [-0.2, -0.15) is 0 Å². The van der Waals surface area contributed by atoms with E-state index in [4.69, 9.17) is 4.74 Å². The Hall–Kier alpha value is -1.67. The van der Waals surface area contributed by atoms with E-state index in [9.17, 15) is 8.42 Å². The molecule has 0 atom stereocenters. The van der Waals surface area contributed by atoms with E-state index in [1.54, 1.807) is 12.1 Å². The third-order valence-electron chi connectivity index (χ3n) is 2.22. The van der Waals surface area contributed by atoms with Crippen molar-refractivity contribution in [2.24, 2.45) is 0 Å². The molecule has 6 nitrogen and oxygen atoms in total. The van der Waals surface area contributed by atoms with Crippen LogP contribution in [0.5, 0.6) is 5.88 Å². The molecule has 2 aromatic heterocycles. The fourth-order valence-electron chi connectivity index (χ4n) is 1.29. The lowest BCUT2D eigenvalue weighted by Gasteiger charge is -2.08. The summed E-state index contributed by atoms with van der Waals surface area (Å²) in [7, 11) is -2.26. The number of hydrogen-bond acceptors (Lipinski definition) is 5. The minimum Gasteiger partial charge on any atom is -0.481 e. The van der Waals surface area contributed by atoms with Gasteiger partial charge in [-0.05, 0) is 34.1 Å². The summed E-state index contributed by atoms with van der Waals surface area (Å²) in [6.07, 6.45) is 2.72. The smallest absolute Gasteiger partial charge is 0.264 e. The minimum atomic E-state index is -3.72. The lowest BCUT2D eigenvalue weighted by atomic mass is 10.5. The molecule has 0 bridgehead atoms. The standard InChI is InChI=1S/C11H10BrN3O3S/c1-18-10-5-4-8(7-14-10)19(16,17)15-11-9(12)3-2-6-13-11/h2-7H,1H3,(H,13,15). The van der Waals surface area contributed by atoms with E-state index in [1.807, 2.05) is 0 Å². The summed E-state index contributed by atoms with van der Waals surface area (Å²) in [6.45, 7) is 0. The SMILES string of the molecule is COc1ccc(S(=O)(=O)Nc2ncccc2Br)cn1. The quantitative estimate of drug-likeness (QED) is 0.918. The molecule has 0 saturated heterocycles. The third kappa shape index (κ3) is 3.21. The molecule has 0 fully saturated rings. The molecule has 0 spiro atoms. The summed E-state index contributed by atoms with van der Waals surface area (Å²) in [5.74, 6) is 0.566. The van der Waals surface area contributed by atoms with Crippen LogP contribution in [-0.2, 0) is 10.0 Å². The zero-order valence-electron chi connectivity index (χ0n) is 9.87. The van der Waals surface area contributed by atoms with Crippen molar-refractivity contribution in [2.75, 3.05) is 11.8 Å². The Morgan fingerprint density at radius 3 is 2.63 bits per heavy atom. The number of halogens is 1. The average molecular weight is 344 g/mol. The van der Waals surface area contributed by atoms with Crippen LogP contribution in [0.4, 0.5) is 5.82 Å². The van der Waals surface area contributed by atoms with Crippen LogP contribution in [0.2, 0.25) is 0 Å². The van der Waals surface area contributed by atoms with Gasteiger partial charge in [0.05, 0.1) is 17.8 Å². The molecule has 2 heterocycles. The van der Waals surface area contributed by atoms with E-state index in [2.05, 4.69) is 30.6 Å². The molecular formula is C11H10BrN3O3S. The Morgan fingerprint density at radius 1 is 1.26 bits per heavy atom. The number of nitrogens with one attached hydrogen (secondary N) is 1. The largest absolute Gasteiger partial charge is 0.481 e. The zero-order valence-corrected chi connectivity index (χ0v) is 12.3. The first-order chi connectivity index (χ1) is 9.03. The molecule has 0 aliphatic heterocycles. The maximum atomic E-state index is 12.1. The van der Waals surface area contributed by atoms with Gasteiger partial charge in [0.1, 0.15) is 4.90 Å². The van der Waals surface area contributed by atoms with Crippen LogP contribution in [0.15, 0.2) is 46.0 Å². The highest BCUT2D eigenvalue weighted by molar-refractivity contribution is 9.10. The number of sulfonamides is 1. The first kappa shape index (κ1) is 13.8. The Kier molecular flexibility index (Phi) is 4.01. The van der Waals surface area contributed by atoms with Crippen molar-refractivity contribution < 1.29 is 13.2 Å². The van der Waals surface area contributed by atoms with E-state index >= 15 is 0 Å². The van der Waals surface area contributed by atoms with Crippen molar-refractivity contribution in [3.8, 4) is 5.88 Å². The van der Waals surface area contributed by atoms with E-state index < -0.39 is 10.0 Å². The van der Waals surface area contributed by atoms with Gasteiger partial charge in [0.15, 0.2) is 5.82 Å². The van der Waals surface area contributed by atoms with Gasteiger partial charge in [0.2, 0.25) is 5.88 Å². The number of ether oxygens (including phenoxy) is 1. The van der Waals surface area contributed by atoms with Gasteiger partial charge in [-0.1, -0.05) is 0 Å². The first-order valence-corrected chi connectivity index (χ1v) is 7.44. The number of anilines is 1. The average Bonchev–Trinajstić information content (AvgIpc) is 2.41. The van der Waals surface area contributed by atoms with Gasteiger partial charge < -0.3 is 4.74 Å². The van der Waals surface area contributed by atoms with E-state index in [-0.39, 0.29) is 10.7 Å². The summed E-state index contributed by atoms with van der Waals surface area (Å²) in [4.78, 5) is 7.83. The number of nitrogens with zero attached hydrogens (tertiary/aromatic N) is 2. The number of rotatable bonds is 4. The van der Waals surface area contributed by atoms with E-state index in [0.717, 1.165) is 0 Å². The third-order valence-corrected chi connectivity index (χ3v) is 4.18. The van der Waals surface area contributed by atoms with Crippen molar-refractivity contribution in [1.29, 1.82) is 0 Å². The Labute approximate surface area is 119 Å². The molecule has 0 unspecified atom stereocenters. The molecule has 2 rings (SSSR count). The van der Waals surface area contributed by atoms with Crippen LogP contribution in [0, 0.1) is 0 Å². The van der Waals surface area contributed by atoms with E-state index in [0.29, 0.717) is 10.4 Å². The molecule has 0 aliphatic carbocycles. The fraction of sp³-hybridized carbons (Fsp3) is 0.0909. The second-order valence-electron chi connectivity index (χ2n) is 3.48. The monoisotopic (exact) mass is 343 g/mol. The lowest BCUT2D eigenvalue weighted by molar-refractivity contribution is 0.397. The normalized spacial score (nSPS) is 11.1. The molecule has 19 heavy (non-hydrogen) atoms. The Bertz CT molecular complexity index is 674. The minimum absolute atomic E-state index is 0.0332. The van der Waals surface area contributed by atoms with Gasteiger partial charge in [-0.15, -0.1) is 0 Å². The van der Waals surface area contributed by atoms with Crippen molar-refractivity contribution >= 4 is 31.8 Å². The highest BCUT2D eigenvalue weighted by Crippen LogP contribution is 2.22. The molecule has 0 radical (unpaired) electrons. The van der Waals surface area contributed by atoms with Crippen molar-refractivity contribution in [3.63, 3.8) is 0 Å². The predicted molar refractivity (Wildman–Crippen MR) is 73.5 cm³/mol. The second kappa shape index (κ2) is 5.54. The van der Waals surface area contributed by atoms with Gasteiger partial charge in [-0.25, -0.2) is 18.4 Å². The zero-order chi connectivity index (χ0) is 13.9. The molecule has 2 aromatic rings. The van der Waals surface area contributed by atoms with Gasteiger partial charge >= 0.3 is 0 Å². The highest BCUT2D eigenvalue weighted by Gasteiger charge is 2.16.